The van der Waals surface area contributed by atoms with Gasteiger partial charge < -0.3 is 19.5 Å². The monoisotopic (exact) mass is 533 g/mol. The van der Waals surface area contributed by atoms with Crippen molar-refractivity contribution in [1.29, 1.82) is 0 Å². The van der Waals surface area contributed by atoms with E-state index in [2.05, 4.69) is 10.5 Å². The van der Waals surface area contributed by atoms with Crippen LogP contribution in [0.1, 0.15) is 33.2 Å². The van der Waals surface area contributed by atoms with Gasteiger partial charge in [-0.15, -0.1) is 0 Å². The maximum atomic E-state index is 15.0. The quantitative estimate of drug-likeness (QED) is 0.218. The van der Waals surface area contributed by atoms with Crippen LogP contribution >= 0.6 is 0 Å². The van der Waals surface area contributed by atoms with E-state index in [1.807, 2.05) is 0 Å². The molecule has 0 saturated carbocycles. The van der Waals surface area contributed by atoms with Gasteiger partial charge in [-0.2, -0.15) is 18.3 Å². The largest absolute Gasteiger partial charge is 0.477 e. The average molecular weight is 533 g/mol. The lowest BCUT2D eigenvalue weighted by atomic mass is 10.1. The number of nitrogens with zero attached hydrogens (tertiary/aromatic N) is 4. The minimum Gasteiger partial charge on any atom is -0.477 e. The SMILES string of the molecule is CCn1cc(C(=O)O)c(=O)c2cc(F)c(N3CCN(/C=N/NC(=O)c4ccc(C(F)(F)F)cc4)CC3)cc21. The van der Waals surface area contributed by atoms with Crippen molar-refractivity contribution in [2.45, 2.75) is 19.6 Å². The van der Waals surface area contributed by atoms with E-state index >= 15 is 4.39 Å². The number of alkyl halides is 3. The fraction of sp³-hybridized carbons (Fsp3) is 0.280. The molecule has 4 rings (SSSR count). The van der Waals surface area contributed by atoms with E-state index in [0.717, 1.165) is 30.3 Å². The number of pyridine rings is 1. The fourth-order valence-electron chi connectivity index (χ4n) is 4.18. The minimum absolute atomic E-state index is 0.0115. The van der Waals surface area contributed by atoms with Crippen LogP contribution < -0.4 is 15.8 Å². The number of nitrogens with one attached hydrogen (secondary N) is 1. The molecule has 200 valence electrons. The van der Waals surface area contributed by atoms with Gasteiger partial charge in [0.2, 0.25) is 5.43 Å². The summed E-state index contributed by atoms with van der Waals surface area (Å²) < 4.78 is 54.6. The van der Waals surface area contributed by atoms with E-state index < -0.39 is 40.4 Å². The molecule has 1 saturated heterocycles. The predicted molar refractivity (Wildman–Crippen MR) is 132 cm³/mol. The highest BCUT2D eigenvalue weighted by Crippen LogP contribution is 2.29. The van der Waals surface area contributed by atoms with Crippen LogP contribution in [0.3, 0.4) is 0 Å². The first-order valence-electron chi connectivity index (χ1n) is 11.6. The van der Waals surface area contributed by atoms with Crippen molar-refractivity contribution in [1.82, 2.24) is 14.9 Å². The van der Waals surface area contributed by atoms with E-state index in [-0.39, 0.29) is 16.6 Å². The molecule has 1 aromatic heterocycles. The number of carbonyl (C=O) groups excluding carboxylic acids is 1. The van der Waals surface area contributed by atoms with E-state index in [1.165, 1.54) is 18.6 Å². The number of amides is 1. The molecule has 13 heteroatoms. The zero-order chi connectivity index (χ0) is 27.6. The summed E-state index contributed by atoms with van der Waals surface area (Å²) in [4.78, 5) is 39.6. The highest BCUT2D eigenvalue weighted by atomic mass is 19.4. The summed E-state index contributed by atoms with van der Waals surface area (Å²) in [6, 6.07) is 6.35. The Balaban J connectivity index is 1.41. The zero-order valence-electron chi connectivity index (χ0n) is 20.1. The molecule has 9 nitrogen and oxygen atoms in total. The number of aromatic carboxylic acids is 1. The molecule has 1 amide bonds. The van der Waals surface area contributed by atoms with Gasteiger partial charge in [0.05, 0.1) is 16.8 Å². The highest BCUT2D eigenvalue weighted by molar-refractivity contribution is 5.94. The number of piperazine rings is 1. The Morgan fingerprint density at radius 2 is 1.76 bits per heavy atom. The lowest BCUT2D eigenvalue weighted by molar-refractivity contribution is -0.137. The minimum atomic E-state index is -4.49. The third-order valence-electron chi connectivity index (χ3n) is 6.24. The number of aromatic nitrogens is 1. The number of hydrazone groups is 1. The first-order chi connectivity index (χ1) is 18.0. The normalized spacial score (nSPS) is 14.3. The first-order valence-corrected chi connectivity index (χ1v) is 11.6. The number of rotatable bonds is 6. The number of fused-ring (bicyclic) bond motifs is 1. The van der Waals surface area contributed by atoms with E-state index in [1.54, 1.807) is 21.3 Å². The number of hydrogen-bond acceptors (Lipinski definition) is 5. The molecular formula is C25H23F4N5O4. The number of aryl methyl sites for hydroxylation is 1. The van der Waals surface area contributed by atoms with Crippen LogP contribution in [0.4, 0.5) is 23.2 Å². The van der Waals surface area contributed by atoms with Crippen molar-refractivity contribution in [2.75, 3.05) is 31.1 Å². The van der Waals surface area contributed by atoms with Crippen LogP contribution in [0.15, 0.2) is 52.5 Å². The summed E-state index contributed by atoms with van der Waals surface area (Å²) in [6.07, 6.45) is -1.86. The predicted octanol–water partition coefficient (Wildman–Crippen LogP) is 3.37. The molecule has 2 heterocycles. The van der Waals surface area contributed by atoms with Crippen molar-refractivity contribution in [3.63, 3.8) is 0 Å². The number of carboxylic acid groups (broad SMARTS) is 1. The number of halogens is 4. The van der Waals surface area contributed by atoms with Gasteiger partial charge in [-0.1, -0.05) is 0 Å². The molecule has 0 radical (unpaired) electrons. The fourth-order valence-corrected chi connectivity index (χ4v) is 4.18. The number of hydrogen-bond donors (Lipinski definition) is 2. The molecule has 3 aromatic rings. The van der Waals surface area contributed by atoms with Gasteiger partial charge in [0.15, 0.2) is 0 Å². The topological polar surface area (TPSA) is 107 Å². The van der Waals surface area contributed by atoms with E-state index in [4.69, 9.17) is 0 Å². The molecule has 1 aliphatic heterocycles. The van der Waals surface area contributed by atoms with Crippen molar-refractivity contribution in [3.05, 3.63) is 75.3 Å². The lowest BCUT2D eigenvalue weighted by Gasteiger charge is -2.35. The Hall–Kier alpha value is -4.42. The van der Waals surface area contributed by atoms with Crippen LogP contribution in [0, 0.1) is 5.82 Å². The molecule has 38 heavy (non-hydrogen) atoms. The summed E-state index contributed by atoms with van der Waals surface area (Å²) in [7, 11) is 0. The summed E-state index contributed by atoms with van der Waals surface area (Å²) in [5, 5.41) is 13.1. The van der Waals surface area contributed by atoms with Crippen molar-refractivity contribution >= 4 is 34.8 Å². The molecule has 0 spiro atoms. The molecule has 1 fully saturated rings. The molecule has 2 N–H and O–H groups in total. The van der Waals surface area contributed by atoms with E-state index in [9.17, 15) is 32.7 Å². The molecule has 0 unspecified atom stereocenters. The number of benzene rings is 2. The third kappa shape index (κ3) is 5.45. The number of carbonyl (C=O) groups is 2. The second-order valence-corrected chi connectivity index (χ2v) is 8.57. The van der Waals surface area contributed by atoms with Crippen molar-refractivity contribution in [2.24, 2.45) is 5.10 Å². The number of carboxylic acids is 1. The molecular weight excluding hydrogens is 510 g/mol. The maximum absolute atomic E-state index is 15.0. The summed E-state index contributed by atoms with van der Waals surface area (Å²) in [6.45, 7) is 3.80. The van der Waals surface area contributed by atoms with Gasteiger partial charge in [0.1, 0.15) is 17.7 Å². The van der Waals surface area contributed by atoms with Crippen LogP contribution in [-0.2, 0) is 12.7 Å². The zero-order valence-corrected chi connectivity index (χ0v) is 20.1. The van der Waals surface area contributed by atoms with Crippen molar-refractivity contribution < 1.29 is 32.3 Å². The van der Waals surface area contributed by atoms with Crippen LogP contribution in [0.25, 0.3) is 10.9 Å². The average Bonchev–Trinajstić information content (AvgIpc) is 2.88. The summed E-state index contributed by atoms with van der Waals surface area (Å²) in [5.74, 6) is -2.69. The number of anilines is 1. The van der Waals surface area contributed by atoms with Gasteiger partial charge in [0, 0.05) is 49.9 Å². The molecule has 0 bridgehead atoms. The highest BCUT2D eigenvalue weighted by Gasteiger charge is 2.30. The Bertz CT molecular complexity index is 1460. The van der Waals surface area contributed by atoms with Crippen LogP contribution in [0.2, 0.25) is 0 Å². The van der Waals surface area contributed by atoms with E-state index in [0.29, 0.717) is 38.2 Å². The second kappa shape index (κ2) is 10.5. The van der Waals surface area contributed by atoms with Gasteiger partial charge >= 0.3 is 12.1 Å². The third-order valence-corrected chi connectivity index (χ3v) is 6.24. The lowest BCUT2D eigenvalue weighted by Crippen LogP contribution is -2.46. The van der Waals surface area contributed by atoms with Gasteiger partial charge in [-0.3, -0.25) is 9.59 Å². The van der Waals surface area contributed by atoms with Crippen molar-refractivity contribution in [3.8, 4) is 0 Å². The molecule has 0 aliphatic carbocycles. The first kappa shape index (κ1) is 26.6. The van der Waals surface area contributed by atoms with Gasteiger partial charge in [0.25, 0.3) is 5.91 Å². The summed E-state index contributed by atoms with van der Waals surface area (Å²) >= 11 is 0. The summed E-state index contributed by atoms with van der Waals surface area (Å²) in [5.41, 5.74) is 0.951. The molecule has 2 aromatic carbocycles. The molecule has 1 aliphatic rings. The second-order valence-electron chi connectivity index (χ2n) is 8.57. The molecule has 0 atom stereocenters. The Morgan fingerprint density at radius 3 is 2.34 bits per heavy atom. The van der Waals surface area contributed by atoms with Gasteiger partial charge in [-0.05, 0) is 43.3 Å². The maximum Gasteiger partial charge on any atom is 0.416 e. The Labute approximate surface area is 213 Å². The standard InChI is InChI=1S/C25H23F4N5O4/c1-2-33-13-18(24(37)38)22(35)17-11-19(26)21(12-20(17)33)34-9-7-32(8-10-34)14-30-31-23(36)15-3-5-16(6-4-15)25(27,28)29/h3-6,11-14H,2,7-10H2,1H3,(H,31,36)(H,37,38)/b30-14+. The Morgan fingerprint density at radius 1 is 1.11 bits per heavy atom. The smallest absolute Gasteiger partial charge is 0.416 e. The Kier molecular flexibility index (Phi) is 7.37. The van der Waals surface area contributed by atoms with Crippen LogP contribution in [0.5, 0.6) is 0 Å². The van der Waals surface area contributed by atoms with Crippen LogP contribution in [-0.4, -0.2) is 59.0 Å². The van der Waals surface area contributed by atoms with Gasteiger partial charge in [-0.25, -0.2) is 14.6 Å².